The Morgan fingerprint density at radius 1 is 1.05 bits per heavy atom. The van der Waals surface area contributed by atoms with Crippen molar-refractivity contribution in [2.24, 2.45) is 7.05 Å². The molecule has 0 saturated heterocycles. The molecule has 0 aliphatic heterocycles. The predicted molar refractivity (Wildman–Crippen MR) is 142 cm³/mol. The first-order valence-electron chi connectivity index (χ1n) is 11.6. The molecule has 12 heteroatoms. The molecule has 0 aliphatic carbocycles. The summed E-state index contributed by atoms with van der Waals surface area (Å²) >= 11 is 2.18. The molecule has 1 aromatic carbocycles. The van der Waals surface area contributed by atoms with Crippen LogP contribution in [0, 0.1) is 20.8 Å². The summed E-state index contributed by atoms with van der Waals surface area (Å²) in [6.07, 6.45) is 0. The van der Waals surface area contributed by atoms with Crippen LogP contribution < -0.4 is 10.1 Å². The molecule has 0 atom stereocenters. The Hall–Kier alpha value is -3.38. The number of rotatable bonds is 11. The van der Waals surface area contributed by atoms with Gasteiger partial charge in [-0.1, -0.05) is 23.9 Å². The third-order valence-electron chi connectivity index (χ3n) is 5.30. The highest BCUT2D eigenvalue weighted by Gasteiger charge is 2.27. The van der Waals surface area contributed by atoms with E-state index in [0.29, 0.717) is 16.5 Å². The van der Waals surface area contributed by atoms with Gasteiger partial charge in [0.05, 0.1) is 24.5 Å². The first kappa shape index (κ1) is 28.2. The summed E-state index contributed by atoms with van der Waals surface area (Å²) in [6, 6.07) is 5.99. The monoisotopic (exact) mass is 546 g/mol. The van der Waals surface area contributed by atoms with Gasteiger partial charge in [0.25, 0.3) is 0 Å². The van der Waals surface area contributed by atoms with Gasteiger partial charge in [0.2, 0.25) is 5.91 Å². The Bertz CT molecular complexity index is 1300. The van der Waals surface area contributed by atoms with Gasteiger partial charge in [-0.15, -0.1) is 21.5 Å². The summed E-state index contributed by atoms with van der Waals surface area (Å²) in [6.45, 7) is 9.56. The van der Waals surface area contributed by atoms with Crippen LogP contribution in [0.3, 0.4) is 0 Å². The van der Waals surface area contributed by atoms with Crippen LogP contribution >= 0.6 is 23.1 Å². The minimum Gasteiger partial charge on any atom is -0.485 e. The maximum Gasteiger partial charge on any atom is 0.348 e. The minimum atomic E-state index is -0.614. The van der Waals surface area contributed by atoms with E-state index in [4.69, 9.17) is 14.2 Å². The summed E-state index contributed by atoms with van der Waals surface area (Å²) in [5.41, 5.74) is 2.68. The van der Waals surface area contributed by atoms with E-state index in [0.717, 1.165) is 28.2 Å². The van der Waals surface area contributed by atoms with Crippen molar-refractivity contribution < 1.29 is 28.6 Å². The van der Waals surface area contributed by atoms with Gasteiger partial charge in [0.15, 0.2) is 11.0 Å². The smallest absolute Gasteiger partial charge is 0.348 e. The van der Waals surface area contributed by atoms with E-state index in [-0.39, 0.29) is 46.9 Å². The molecular weight excluding hydrogens is 516 g/mol. The number of benzene rings is 1. The van der Waals surface area contributed by atoms with E-state index in [2.05, 4.69) is 15.5 Å². The third-order valence-corrected chi connectivity index (χ3v) is 7.51. The number of thiophene rings is 1. The summed E-state index contributed by atoms with van der Waals surface area (Å²) in [7, 11) is 1.80. The Morgan fingerprint density at radius 2 is 1.76 bits per heavy atom. The second-order valence-corrected chi connectivity index (χ2v) is 10.0. The van der Waals surface area contributed by atoms with E-state index in [9.17, 15) is 14.4 Å². The van der Waals surface area contributed by atoms with E-state index >= 15 is 0 Å². The number of ether oxygens (including phenoxy) is 3. The Balaban J connectivity index is 1.67. The number of thioether (sulfide) groups is 1. The van der Waals surface area contributed by atoms with Crippen molar-refractivity contribution in [3.05, 3.63) is 51.2 Å². The number of hydrogen-bond donors (Lipinski definition) is 1. The van der Waals surface area contributed by atoms with E-state index < -0.39 is 11.9 Å². The molecule has 198 valence electrons. The number of carbonyl (C=O) groups excluding carboxylic acids is 3. The number of esters is 2. The number of aryl methyl sites for hydroxylation is 2. The average Bonchev–Trinajstić information content (AvgIpc) is 3.37. The number of amides is 1. The van der Waals surface area contributed by atoms with Crippen molar-refractivity contribution >= 4 is 45.9 Å². The molecule has 0 aliphatic rings. The van der Waals surface area contributed by atoms with Crippen LogP contribution in [0.2, 0.25) is 0 Å². The molecule has 0 radical (unpaired) electrons. The normalized spacial score (nSPS) is 10.8. The summed E-state index contributed by atoms with van der Waals surface area (Å²) < 4.78 is 17.9. The van der Waals surface area contributed by atoms with Crippen LogP contribution in [-0.2, 0) is 27.9 Å². The second kappa shape index (κ2) is 12.7. The lowest BCUT2D eigenvalue weighted by atomic mass is 10.1. The highest BCUT2D eigenvalue weighted by atomic mass is 32.2. The molecule has 0 fully saturated rings. The number of aromatic nitrogens is 3. The van der Waals surface area contributed by atoms with Gasteiger partial charge in [-0.3, -0.25) is 4.79 Å². The van der Waals surface area contributed by atoms with Crippen LogP contribution in [0.15, 0.2) is 23.4 Å². The lowest BCUT2D eigenvalue weighted by Gasteiger charge is -2.10. The molecule has 1 amide bonds. The average molecular weight is 547 g/mol. The fraction of sp³-hybridized carbons (Fsp3) is 0.400. The molecule has 0 saturated carbocycles. The van der Waals surface area contributed by atoms with Gasteiger partial charge in [-0.05, 0) is 57.4 Å². The van der Waals surface area contributed by atoms with Crippen molar-refractivity contribution in [2.45, 2.75) is 46.4 Å². The molecule has 10 nitrogen and oxygen atoms in total. The van der Waals surface area contributed by atoms with Gasteiger partial charge >= 0.3 is 11.9 Å². The van der Waals surface area contributed by atoms with Crippen LogP contribution in [0.5, 0.6) is 5.75 Å². The Morgan fingerprint density at radius 3 is 2.46 bits per heavy atom. The molecular formula is C25H30N4O6S2. The highest BCUT2D eigenvalue weighted by molar-refractivity contribution is 7.99. The molecule has 2 heterocycles. The SMILES string of the molecule is CCOC(=O)c1sc(NC(=O)CSc2nnc(COc3cc(C)ccc3C)n2C)c(C(=O)OCC)c1C. The molecule has 0 bridgehead atoms. The van der Waals surface area contributed by atoms with E-state index in [1.807, 2.05) is 32.0 Å². The van der Waals surface area contributed by atoms with Crippen LogP contribution in [0.1, 0.15) is 56.4 Å². The standard InChI is InChI=1S/C25H30N4O6S2/c1-7-33-23(31)20-16(5)21(24(32)34-8-2)37-22(20)26-19(30)13-36-25-28-27-18(29(25)6)12-35-17-11-14(3)9-10-15(17)4/h9-11H,7-8,12-13H2,1-6H3,(H,26,30). The molecule has 0 spiro atoms. The van der Waals surface area contributed by atoms with Crippen molar-refractivity contribution in [1.29, 1.82) is 0 Å². The third kappa shape index (κ3) is 6.89. The fourth-order valence-corrected chi connectivity index (χ4v) is 5.17. The molecule has 2 aromatic heterocycles. The van der Waals surface area contributed by atoms with Gasteiger partial charge in [-0.2, -0.15) is 0 Å². The summed E-state index contributed by atoms with van der Waals surface area (Å²) in [5.74, 6) is -0.138. The molecule has 37 heavy (non-hydrogen) atoms. The minimum absolute atomic E-state index is 0.0117. The molecule has 3 aromatic rings. The number of hydrogen-bond acceptors (Lipinski definition) is 10. The zero-order valence-corrected chi connectivity index (χ0v) is 23.3. The molecule has 3 rings (SSSR count). The first-order valence-corrected chi connectivity index (χ1v) is 13.4. The van der Waals surface area contributed by atoms with Crippen LogP contribution in [0.4, 0.5) is 5.00 Å². The topological polar surface area (TPSA) is 122 Å². The maximum atomic E-state index is 12.8. The number of nitrogens with zero attached hydrogens (tertiary/aromatic N) is 3. The predicted octanol–water partition coefficient (Wildman–Crippen LogP) is 4.47. The molecule has 0 unspecified atom stereocenters. The van der Waals surface area contributed by atoms with E-state index in [1.165, 1.54) is 11.8 Å². The quantitative estimate of drug-likeness (QED) is 0.274. The lowest BCUT2D eigenvalue weighted by Crippen LogP contribution is -2.17. The summed E-state index contributed by atoms with van der Waals surface area (Å²) in [4.78, 5) is 37.9. The van der Waals surface area contributed by atoms with Gasteiger partial charge < -0.3 is 24.1 Å². The van der Waals surface area contributed by atoms with Crippen molar-refractivity contribution in [3.8, 4) is 5.75 Å². The largest absolute Gasteiger partial charge is 0.485 e. The van der Waals surface area contributed by atoms with Crippen LogP contribution in [0.25, 0.3) is 0 Å². The fourth-order valence-electron chi connectivity index (χ4n) is 3.34. The maximum absolute atomic E-state index is 12.8. The zero-order valence-electron chi connectivity index (χ0n) is 21.7. The number of nitrogens with one attached hydrogen (secondary N) is 1. The van der Waals surface area contributed by atoms with E-state index in [1.54, 1.807) is 32.4 Å². The summed E-state index contributed by atoms with van der Waals surface area (Å²) in [5, 5.41) is 11.9. The first-order chi connectivity index (χ1) is 17.7. The second-order valence-electron chi connectivity index (χ2n) is 8.05. The molecule has 1 N–H and O–H groups in total. The Kier molecular flexibility index (Phi) is 9.70. The number of carbonyl (C=O) groups is 3. The van der Waals surface area contributed by atoms with Crippen molar-refractivity contribution in [1.82, 2.24) is 14.8 Å². The van der Waals surface area contributed by atoms with Gasteiger partial charge in [0, 0.05) is 7.05 Å². The van der Waals surface area contributed by atoms with Crippen LogP contribution in [-0.4, -0.2) is 51.6 Å². The number of anilines is 1. The van der Waals surface area contributed by atoms with Gasteiger partial charge in [-0.25, -0.2) is 9.59 Å². The lowest BCUT2D eigenvalue weighted by molar-refractivity contribution is -0.113. The van der Waals surface area contributed by atoms with Gasteiger partial charge in [0.1, 0.15) is 22.2 Å². The van der Waals surface area contributed by atoms with Crippen molar-refractivity contribution in [3.63, 3.8) is 0 Å². The zero-order chi connectivity index (χ0) is 27.1. The Labute approximate surface area is 223 Å². The highest BCUT2D eigenvalue weighted by Crippen LogP contribution is 2.34. The van der Waals surface area contributed by atoms with Crippen molar-refractivity contribution in [2.75, 3.05) is 24.3 Å².